The molecule has 0 fully saturated rings. The van der Waals surface area contributed by atoms with E-state index in [0.29, 0.717) is 18.8 Å². The van der Waals surface area contributed by atoms with Gasteiger partial charge in [0.25, 0.3) is 5.91 Å². The van der Waals surface area contributed by atoms with Crippen molar-refractivity contribution >= 4 is 38.5 Å². The van der Waals surface area contributed by atoms with E-state index in [9.17, 15) is 4.79 Å². The maximum Gasteiger partial charge on any atom is 0.289 e. The topological polar surface area (TPSA) is 45.5 Å². The van der Waals surface area contributed by atoms with Crippen molar-refractivity contribution in [2.24, 2.45) is 0 Å². The minimum Gasteiger partial charge on any atom is -0.449 e. The Kier molecular flexibility index (Phi) is 3.06. The van der Waals surface area contributed by atoms with Crippen LogP contribution < -0.4 is 10.2 Å². The summed E-state index contributed by atoms with van der Waals surface area (Å²) in [7, 11) is 0. The molecule has 5 heteroatoms. The van der Waals surface area contributed by atoms with Crippen LogP contribution in [0.2, 0.25) is 0 Å². The lowest BCUT2D eigenvalue weighted by Crippen LogP contribution is -2.30. The first-order chi connectivity index (χ1) is 9.20. The van der Waals surface area contributed by atoms with Crippen molar-refractivity contribution < 1.29 is 9.21 Å². The Morgan fingerprint density at radius 3 is 3.16 bits per heavy atom. The van der Waals surface area contributed by atoms with Crippen molar-refractivity contribution in [2.45, 2.75) is 0 Å². The first-order valence-corrected chi connectivity index (χ1v) is 6.86. The van der Waals surface area contributed by atoms with Crippen molar-refractivity contribution in [1.29, 1.82) is 0 Å². The first kappa shape index (κ1) is 12.3. The van der Waals surface area contributed by atoms with E-state index in [1.807, 2.05) is 24.3 Å². The second-order valence-electron chi connectivity index (χ2n) is 4.41. The van der Waals surface area contributed by atoms with Gasteiger partial charge in [-0.05, 0) is 18.2 Å². The zero-order valence-corrected chi connectivity index (χ0v) is 11.9. The van der Waals surface area contributed by atoms with Crippen LogP contribution in [-0.2, 0) is 0 Å². The minimum absolute atomic E-state index is 0.158. The van der Waals surface area contributed by atoms with Crippen molar-refractivity contribution in [3.63, 3.8) is 0 Å². The van der Waals surface area contributed by atoms with Crippen LogP contribution in [0, 0.1) is 0 Å². The third-order valence-corrected chi connectivity index (χ3v) is 3.66. The average molecular weight is 321 g/mol. The molecule has 3 rings (SSSR count). The molecule has 4 nitrogen and oxygen atoms in total. The number of rotatable bonds is 2. The molecular formula is C14H13BrN2O2. The van der Waals surface area contributed by atoms with Gasteiger partial charge in [-0.1, -0.05) is 22.0 Å². The van der Waals surface area contributed by atoms with E-state index in [0.717, 1.165) is 27.7 Å². The summed E-state index contributed by atoms with van der Waals surface area (Å²) >= 11 is 3.46. The molecule has 0 saturated heterocycles. The predicted molar refractivity (Wildman–Crippen MR) is 78.7 cm³/mol. The number of amides is 1. The van der Waals surface area contributed by atoms with Gasteiger partial charge in [-0.3, -0.25) is 4.79 Å². The smallest absolute Gasteiger partial charge is 0.289 e. The summed E-state index contributed by atoms with van der Waals surface area (Å²) in [4.78, 5) is 14.2. The van der Waals surface area contributed by atoms with Crippen LogP contribution in [0.15, 0.2) is 39.7 Å². The standard InChI is InChI=1S/C14H13BrN2O2/c1-2-6-17-7-5-16-14(18)13-12(17)10-8-9(15)3-4-11(10)19-13/h2-4,8H,1,5-7H2,(H,16,18). The Morgan fingerprint density at radius 2 is 2.37 bits per heavy atom. The lowest BCUT2D eigenvalue weighted by molar-refractivity contribution is 0.0933. The minimum atomic E-state index is -0.158. The molecule has 19 heavy (non-hydrogen) atoms. The second kappa shape index (κ2) is 4.74. The predicted octanol–water partition coefficient (Wildman–Crippen LogP) is 2.93. The number of nitrogens with zero attached hydrogens (tertiary/aromatic N) is 1. The van der Waals surface area contributed by atoms with E-state index < -0.39 is 0 Å². The van der Waals surface area contributed by atoms with Gasteiger partial charge in [-0.25, -0.2) is 0 Å². The monoisotopic (exact) mass is 320 g/mol. The summed E-state index contributed by atoms with van der Waals surface area (Å²) < 4.78 is 6.67. The van der Waals surface area contributed by atoms with Crippen LogP contribution in [0.25, 0.3) is 11.0 Å². The van der Waals surface area contributed by atoms with Crippen LogP contribution in [0.3, 0.4) is 0 Å². The van der Waals surface area contributed by atoms with Crippen LogP contribution in [0.4, 0.5) is 5.69 Å². The molecule has 1 aromatic heterocycles. The third kappa shape index (κ3) is 2.04. The Hall–Kier alpha value is -1.75. The zero-order valence-electron chi connectivity index (χ0n) is 10.3. The fraction of sp³-hybridized carbons (Fsp3) is 0.214. The Balaban J connectivity index is 2.27. The molecule has 0 saturated carbocycles. The highest BCUT2D eigenvalue weighted by molar-refractivity contribution is 9.10. The number of hydrogen-bond donors (Lipinski definition) is 1. The van der Waals surface area contributed by atoms with Gasteiger partial charge in [0.1, 0.15) is 5.58 Å². The van der Waals surface area contributed by atoms with E-state index in [1.165, 1.54) is 0 Å². The summed E-state index contributed by atoms with van der Waals surface area (Å²) in [5, 5.41) is 3.79. The maximum absolute atomic E-state index is 12.0. The molecule has 0 spiro atoms. The van der Waals surface area contributed by atoms with Gasteiger partial charge in [0.15, 0.2) is 0 Å². The summed E-state index contributed by atoms with van der Waals surface area (Å²) in [6, 6.07) is 5.75. The number of fused-ring (bicyclic) bond motifs is 3. The van der Waals surface area contributed by atoms with Gasteiger partial charge in [0.2, 0.25) is 5.76 Å². The summed E-state index contributed by atoms with van der Waals surface area (Å²) in [5.74, 6) is 0.223. The number of anilines is 1. The van der Waals surface area contributed by atoms with Gasteiger partial charge in [0, 0.05) is 29.5 Å². The number of benzene rings is 1. The van der Waals surface area contributed by atoms with Gasteiger partial charge < -0.3 is 14.6 Å². The molecule has 0 radical (unpaired) electrons. The molecule has 1 aliphatic heterocycles. The van der Waals surface area contributed by atoms with Gasteiger partial charge in [0.05, 0.1) is 5.69 Å². The number of carbonyl (C=O) groups is 1. The number of carbonyl (C=O) groups excluding carboxylic acids is 1. The van der Waals surface area contributed by atoms with E-state index in [-0.39, 0.29) is 5.91 Å². The number of furan rings is 1. The van der Waals surface area contributed by atoms with Crippen LogP contribution in [0.1, 0.15) is 10.6 Å². The Labute approximate surface area is 119 Å². The van der Waals surface area contributed by atoms with Crippen LogP contribution in [0.5, 0.6) is 0 Å². The number of halogens is 1. The van der Waals surface area contributed by atoms with Crippen molar-refractivity contribution in [1.82, 2.24) is 5.32 Å². The van der Waals surface area contributed by atoms with E-state index in [1.54, 1.807) is 0 Å². The molecule has 1 amide bonds. The quantitative estimate of drug-likeness (QED) is 0.865. The molecule has 0 unspecified atom stereocenters. The molecule has 1 aliphatic rings. The SMILES string of the molecule is C=CCN1CCNC(=O)c2oc3ccc(Br)cc3c21. The van der Waals surface area contributed by atoms with Gasteiger partial charge in [-0.2, -0.15) is 0 Å². The van der Waals surface area contributed by atoms with Gasteiger partial charge in [-0.15, -0.1) is 6.58 Å². The fourth-order valence-corrected chi connectivity index (χ4v) is 2.72. The molecular weight excluding hydrogens is 308 g/mol. The molecule has 1 N–H and O–H groups in total. The van der Waals surface area contributed by atoms with Crippen LogP contribution in [-0.4, -0.2) is 25.5 Å². The molecule has 1 aromatic carbocycles. The summed E-state index contributed by atoms with van der Waals surface area (Å²) in [6.07, 6.45) is 1.83. The average Bonchev–Trinajstić information content (AvgIpc) is 2.68. The highest BCUT2D eigenvalue weighted by Crippen LogP contribution is 2.36. The molecule has 98 valence electrons. The van der Waals surface area contributed by atoms with Crippen molar-refractivity contribution in [3.05, 3.63) is 41.1 Å². The zero-order chi connectivity index (χ0) is 13.4. The van der Waals surface area contributed by atoms with E-state index in [4.69, 9.17) is 4.42 Å². The largest absolute Gasteiger partial charge is 0.449 e. The van der Waals surface area contributed by atoms with Crippen molar-refractivity contribution in [3.8, 4) is 0 Å². The number of hydrogen-bond acceptors (Lipinski definition) is 3. The molecule has 0 atom stereocenters. The highest BCUT2D eigenvalue weighted by atomic mass is 79.9. The Morgan fingerprint density at radius 1 is 1.53 bits per heavy atom. The molecule has 2 heterocycles. The fourth-order valence-electron chi connectivity index (χ4n) is 2.36. The van der Waals surface area contributed by atoms with Gasteiger partial charge >= 0.3 is 0 Å². The summed E-state index contributed by atoms with van der Waals surface area (Å²) in [5.41, 5.74) is 1.57. The normalized spacial score (nSPS) is 15.0. The first-order valence-electron chi connectivity index (χ1n) is 6.07. The third-order valence-electron chi connectivity index (χ3n) is 3.16. The Bertz CT molecular complexity index is 663. The lowest BCUT2D eigenvalue weighted by Gasteiger charge is -2.20. The lowest BCUT2D eigenvalue weighted by atomic mass is 10.2. The highest BCUT2D eigenvalue weighted by Gasteiger charge is 2.27. The van der Waals surface area contributed by atoms with Crippen molar-refractivity contribution in [2.75, 3.05) is 24.5 Å². The molecule has 0 aliphatic carbocycles. The van der Waals surface area contributed by atoms with E-state index >= 15 is 0 Å². The number of nitrogens with one attached hydrogen (secondary N) is 1. The summed E-state index contributed by atoms with van der Waals surface area (Å²) in [6.45, 7) is 5.80. The maximum atomic E-state index is 12.0. The second-order valence-corrected chi connectivity index (χ2v) is 5.33. The van der Waals surface area contributed by atoms with E-state index in [2.05, 4.69) is 32.7 Å². The molecule has 0 bridgehead atoms. The molecule has 2 aromatic rings. The van der Waals surface area contributed by atoms with Crippen LogP contribution >= 0.6 is 15.9 Å².